The number of aryl methyl sites for hydroxylation is 1. The van der Waals surface area contributed by atoms with Crippen LogP contribution < -0.4 is 5.32 Å². The zero-order valence-electron chi connectivity index (χ0n) is 11.8. The van der Waals surface area contributed by atoms with Crippen molar-refractivity contribution >= 4 is 5.91 Å². The lowest BCUT2D eigenvalue weighted by Gasteiger charge is -2.21. The molecule has 1 aromatic carbocycles. The number of hydrogen-bond donors (Lipinski definition) is 2. The van der Waals surface area contributed by atoms with Crippen molar-refractivity contribution in [3.05, 3.63) is 35.1 Å². The summed E-state index contributed by atoms with van der Waals surface area (Å²) in [7, 11) is 0. The second-order valence-electron chi connectivity index (χ2n) is 5.67. The van der Waals surface area contributed by atoms with Gasteiger partial charge in [0.25, 0.3) is 5.91 Å². The maximum atomic E-state index is 13.6. The molecule has 0 aliphatic heterocycles. The number of hydrogen-bond acceptors (Lipinski definition) is 2. The summed E-state index contributed by atoms with van der Waals surface area (Å²) in [6.45, 7) is 6.31. The van der Waals surface area contributed by atoms with Crippen LogP contribution in [0.2, 0.25) is 0 Å². The summed E-state index contributed by atoms with van der Waals surface area (Å²) in [6, 6.07) is 4.56. The smallest absolute Gasteiger partial charge is 0.254 e. The van der Waals surface area contributed by atoms with Gasteiger partial charge in [-0.1, -0.05) is 19.9 Å². The predicted octanol–water partition coefficient (Wildman–Crippen LogP) is 2.66. The number of amides is 1. The van der Waals surface area contributed by atoms with E-state index in [-0.39, 0.29) is 23.5 Å². The first kappa shape index (κ1) is 15.6. The van der Waals surface area contributed by atoms with E-state index in [1.165, 1.54) is 12.1 Å². The molecule has 0 aliphatic carbocycles. The first-order valence-corrected chi connectivity index (χ1v) is 6.51. The average molecular weight is 267 g/mol. The second-order valence-corrected chi connectivity index (χ2v) is 5.67. The fraction of sp³-hybridized carbons (Fsp3) is 0.533. The van der Waals surface area contributed by atoms with Crippen LogP contribution in [-0.4, -0.2) is 24.2 Å². The minimum absolute atomic E-state index is 0.0759. The Hall–Kier alpha value is -1.42. The molecule has 0 heterocycles. The Bertz CT molecular complexity index is 444. The maximum Gasteiger partial charge on any atom is 0.254 e. The highest BCUT2D eigenvalue weighted by Crippen LogP contribution is 2.20. The molecular formula is C15H22FNO2. The molecule has 0 aliphatic rings. The summed E-state index contributed by atoms with van der Waals surface area (Å²) in [5.41, 5.74) is 0.727. The molecule has 1 aromatic rings. The molecule has 0 aromatic heterocycles. The molecule has 0 bridgehead atoms. The van der Waals surface area contributed by atoms with Crippen LogP contribution >= 0.6 is 0 Å². The van der Waals surface area contributed by atoms with Gasteiger partial charge in [0.1, 0.15) is 5.82 Å². The number of aliphatic hydroxyl groups is 1. The third-order valence-electron chi connectivity index (χ3n) is 3.11. The van der Waals surface area contributed by atoms with Gasteiger partial charge in [-0.3, -0.25) is 4.79 Å². The zero-order chi connectivity index (χ0) is 14.5. The molecule has 0 saturated heterocycles. The van der Waals surface area contributed by atoms with Crippen LogP contribution in [0.15, 0.2) is 18.2 Å². The molecule has 0 atom stereocenters. The van der Waals surface area contributed by atoms with Crippen LogP contribution in [-0.2, 0) is 0 Å². The number of benzene rings is 1. The third kappa shape index (κ3) is 4.99. The fourth-order valence-corrected chi connectivity index (χ4v) is 1.75. The Morgan fingerprint density at radius 3 is 2.68 bits per heavy atom. The number of nitrogens with one attached hydrogen (secondary N) is 1. The van der Waals surface area contributed by atoms with E-state index >= 15 is 0 Å². The van der Waals surface area contributed by atoms with Gasteiger partial charge in [0, 0.05) is 13.2 Å². The summed E-state index contributed by atoms with van der Waals surface area (Å²) in [5.74, 6) is -0.882. The van der Waals surface area contributed by atoms with Gasteiger partial charge in [0.15, 0.2) is 0 Å². The van der Waals surface area contributed by atoms with E-state index in [1.807, 2.05) is 13.8 Å². The van der Waals surface area contributed by atoms with Crippen LogP contribution in [0.3, 0.4) is 0 Å². The first-order chi connectivity index (χ1) is 8.85. The van der Waals surface area contributed by atoms with Gasteiger partial charge in [0.05, 0.1) is 5.56 Å². The monoisotopic (exact) mass is 267 g/mol. The SMILES string of the molecule is Cc1ccc(C(=O)NCCCC(C)(C)CO)c(F)c1. The van der Waals surface area contributed by atoms with Gasteiger partial charge in [-0.05, 0) is 42.9 Å². The Morgan fingerprint density at radius 2 is 2.11 bits per heavy atom. The Labute approximate surface area is 113 Å². The van der Waals surface area contributed by atoms with Gasteiger partial charge in [-0.15, -0.1) is 0 Å². The topological polar surface area (TPSA) is 49.3 Å². The lowest BCUT2D eigenvalue weighted by atomic mass is 9.89. The average Bonchev–Trinajstić information content (AvgIpc) is 2.34. The normalized spacial score (nSPS) is 11.4. The Morgan fingerprint density at radius 1 is 1.42 bits per heavy atom. The largest absolute Gasteiger partial charge is 0.396 e. The summed E-state index contributed by atoms with van der Waals surface area (Å²) < 4.78 is 13.6. The van der Waals surface area contributed by atoms with Crippen LogP contribution in [0.1, 0.15) is 42.6 Å². The van der Waals surface area contributed by atoms with E-state index in [9.17, 15) is 9.18 Å². The van der Waals surface area contributed by atoms with E-state index in [0.717, 1.165) is 18.4 Å². The molecule has 3 nitrogen and oxygen atoms in total. The third-order valence-corrected chi connectivity index (χ3v) is 3.11. The van der Waals surface area contributed by atoms with Gasteiger partial charge in [0.2, 0.25) is 0 Å². The van der Waals surface area contributed by atoms with Gasteiger partial charge < -0.3 is 10.4 Å². The van der Waals surface area contributed by atoms with Crippen molar-refractivity contribution in [2.45, 2.75) is 33.6 Å². The minimum Gasteiger partial charge on any atom is -0.396 e. The van der Waals surface area contributed by atoms with Crippen molar-refractivity contribution in [3.63, 3.8) is 0 Å². The highest BCUT2D eigenvalue weighted by molar-refractivity contribution is 5.94. The predicted molar refractivity (Wildman–Crippen MR) is 73.6 cm³/mol. The van der Waals surface area contributed by atoms with Gasteiger partial charge >= 0.3 is 0 Å². The quantitative estimate of drug-likeness (QED) is 0.778. The fourth-order valence-electron chi connectivity index (χ4n) is 1.75. The first-order valence-electron chi connectivity index (χ1n) is 6.51. The Balaban J connectivity index is 2.44. The van der Waals surface area contributed by atoms with E-state index in [2.05, 4.69) is 5.32 Å². The molecule has 0 fully saturated rings. The molecule has 1 amide bonds. The molecule has 0 unspecified atom stereocenters. The number of rotatable bonds is 6. The summed E-state index contributed by atoms with van der Waals surface area (Å²) in [5, 5.41) is 11.8. The van der Waals surface area contributed by atoms with Gasteiger partial charge in [-0.2, -0.15) is 0 Å². The van der Waals surface area contributed by atoms with Crippen molar-refractivity contribution in [1.82, 2.24) is 5.32 Å². The lowest BCUT2D eigenvalue weighted by Crippen LogP contribution is -2.27. The molecule has 1 rings (SSSR count). The maximum absolute atomic E-state index is 13.6. The highest BCUT2D eigenvalue weighted by atomic mass is 19.1. The lowest BCUT2D eigenvalue weighted by molar-refractivity contribution is 0.0944. The summed E-state index contributed by atoms with van der Waals surface area (Å²) >= 11 is 0. The molecular weight excluding hydrogens is 245 g/mol. The molecule has 0 radical (unpaired) electrons. The van der Waals surface area contributed by atoms with E-state index < -0.39 is 5.82 Å². The number of halogens is 1. The van der Waals surface area contributed by atoms with E-state index in [4.69, 9.17) is 5.11 Å². The van der Waals surface area contributed by atoms with Crippen LogP contribution in [0.25, 0.3) is 0 Å². The number of carbonyl (C=O) groups excluding carboxylic acids is 1. The van der Waals surface area contributed by atoms with Crippen molar-refractivity contribution < 1.29 is 14.3 Å². The number of carbonyl (C=O) groups is 1. The molecule has 2 N–H and O–H groups in total. The standard InChI is InChI=1S/C15H22FNO2/c1-11-5-6-12(13(16)9-11)14(19)17-8-4-7-15(2,3)10-18/h5-6,9,18H,4,7-8,10H2,1-3H3,(H,17,19). The van der Waals surface area contributed by atoms with Gasteiger partial charge in [-0.25, -0.2) is 4.39 Å². The van der Waals surface area contributed by atoms with Crippen LogP contribution in [0.5, 0.6) is 0 Å². The molecule has 19 heavy (non-hydrogen) atoms. The van der Waals surface area contributed by atoms with E-state index in [0.29, 0.717) is 6.54 Å². The second kappa shape index (κ2) is 6.66. The van der Waals surface area contributed by atoms with Crippen LogP contribution in [0.4, 0.5) is 4.39 Å². The summed E-state index contributed by atoms with van der Waals surface area (Å²) in [4.78, 5) is 11.8. The van der Waals surface area contributed by atoms with Crippen LogP contribution in [0, 0.1) is 18.2 Å². The zero-order valence-corrected chi connectivity index (χ0v) is 11.8. The molecule has 106 valence electrons. The Kier molecular flexibility index (Phi) is 5.48. The van der Waals surface area contributed by atoms with Crippen molar-refractivity contribution in [1.29, 1.82) is 0 Å². The molecule has 4 heteroatoms. The van der Waals surface area contributed by atoms with Crippen molar-refractivity contribution in [3.8, 4) is 0 Å². The minimum atomic E-state index is -0.492. The number of aliphatic hydroxyl groups excluding tert-OH is 1. The molecule has 0 spiro atoms. The molecule has 0 saturated carbocycles. The van der Waals surface area contributed by atoms with Crippen molar-refractivity contribution in [2.24, 2.45) is 5.41 Å². The summed E-state index contributed by atoms with van der Waals surface area (Å²) in [6.07, 6.45) is 1.56. The van der Waals surface area contributed by atoms with E-state index in [1.54, 1.807) is 13.0 Å². The highest BCUT2D eigenvalue weighted by Gasteiger charge is 2.16. The van der Waals surface area contributed by atoms with Crippen molar-refractivity contribution in [2.75, 3.05) is 13.2 Å².